The first-order valence-electron chi connectivity index (χ1n) is 7.75. The maximum Gasteiger partial charge on any atom is 0.229 e. The van der Waals surface area contributed by atoms with E-state index in [9.17, 15) is 4.79 Å². The summed E-state index contributed by atoms with van der Waals surface area (Å²) >= 11 is 0. The van der Waals surface area contributed by atoms with Gasteiger partial charge in [0.05, 0.1) is 12.0 Å². The second kappa shape index (κ2) is 5.90. The summed E-state index contributed by atoms with van der Waals surface area (Å²) in [6, 6.07) is -0.0380. The van der Waals surface area contributed by atoms with Crippen LogP contribution in [-0.4, -0.2) is 34.4 Å². The van der Waals surface area contributed by atoms with E-state index in [0.29, 0.717) is 0 Å². The summed E-state index contributed by atoms with van der Waals surface area (Å²) in [6.45, 7) is 19.8. The number of rotatable bonds is 3. The van der Waals surface area contributed by atoms with E-state index in [-0.39, 0.29) is 29.0 Å². The molecule has 1 heterocycles. The molecule has 0 spiro atoms. The van der Waals surface area contributed by atoms with Crippen LogP contribution in [0.5, 0.6) is 0 Å². The Morgan fingerprint density at radius 1 is 1.19 bits per heavy atom. The molecule has 2 unspecified atom stereocenters. The average molecular weight is 326 g/mol. The number of amides is 1. The Morgan fingerprint density at radius 3 is 2.10 bits per heavy atom. The van der Waals surface area contributed by atoms with Crippen molar-refractivity contribution in [2.24, 2.45) is 5.92 Å². The van der Waals surface area contributed by atoms with Crippen molar-refractivity contribution in [1.29, 1.82) is 0 Å². The van der Waals surface area contributed by atoms with E-state index in [0.717, 1.165) is 0 Å². The monoisotopic (exact) mass is 325 g/mol. The Hall–Kier alpha value is -0.576. The highest BCUT2D eigenvalue weighted by Gasteiger charge is 2.46. The van der Waals surface area contributed by atoms with Gasteiger partial charge in [-0.25, -0.2) is 0 Å². The summed E-state index contributed by atoms with van der Waals surface area (Å²) in [5, 5.41) is 3.07. The van der Waals surface area contributed by atoms with Crippen molar-refractivity contribution in [3.05, 3.63) is 0 Å². The fraction of sp³-hybridized carbons (Fsp3) is 0.812. The molecule has 0 aromatic rings. The van der Waals surface area contributed by atoms with Crippen molar-refractivity contribution in [3.8, 4) is 11.5 Å². The molecule has 1 fully saturated rings. The van der Waals surface area contributed by atoms with E-state index in [1.165, 1.54) is 0 Å². The molecule has 120 valence electrons. The van der Waals surface area contributed by atoms with Gasteiger partial charge in [0.25, 0.3) is 0 Å². The lowest BCUT2D eigenvalue weighted by Crippen LogP contribution is -2.63. The van der Waals surface area contributed by atoms with Crippen LogP contribution in [0.1, 0.15) is 27.7 Å². The van der Waals surface area contributed by atoms with Crippen LogP contribution in [0.3, 0.4) is 0 Å². The Morgan fingerprint density at radius 2 is 1.71 bits per heavy atom. The molecule has 1 rings (SSSR count). The molecule has 0 bridgehead atoms. The number of hydrogen-bond donors (Lipinski definition) is 1. The maximum absolute atomic E-state index is 11.9. The van der Waals surface area contributed by atoms with E-state index in [1.54, 1.807) is 0 Å². The smallest absolute Gasteiger partial charge is 0.229 e. The van der Waals surface area contributed by atoms with Gasteiger partial charge in [-0.2, -0.15) is 0 Å². The lowest BCUT2D eigenvalue weighted by molar-refractivity contribution is -0.137. The predicted molar refractivity (Wildman–Crippen MR) is 94.3 cm³/mol. The summed E-state index contributed by atoms with van der Waals surface area (Å²) < 4.78 is 6.36. The van der Waals surface area contributed by atoms with Crippen LogP contribution < -0.4 is 5.32 Å². The van der Waals surface area contributed by atoms with Gasteiger partial charge in [-0.05, 0) is 25.1 Å². The summed E-state index contributed by atoms with van der Waals surface area (Å²) in [5.41, 5.74) is 3.35. The number of β-lactam (4-membered cyclic amide) rings is 1. The second-order valence-corrected chi connectivity index (χ2v) is 18.1. The quantitative estimate of drug-likeness (QED) is 0.491. The molecule has 21 heavy (non-hydrogen) atoms. The largest absolute Gasteiger partial charge is 0.413 e. The van der Waals surface area contributed by atoms with Crippen LogP contribution in [0.4, 0.5) is 0 Å². The second-order valence-electron chi connectivity index (χ2n) is 8.61. The van der Waals surface area contributed by atoms with Crippen molar-refractivity contribution in [2.45, 2.75) is 77.6 Å². The number of hydrogen-bond acceptors (Lipinski definition) is 2. The van der Waals surface area contributed by atoms with E-state index in [2.05, 4.69) is 70.3 Å². The Balaban J connectivity index is 2.79. The van der Waals surface area contributed by atoms with E-state index in [1.807, 2.05) is 6.92 Å². The van der Waals surface area contributed by atoms with Crippen LogP contribution in [0.25, 0.3) is 0 Å². The van der Waals surface area contributed by atoms with Crippen molar-refractivity contribution >= 4 is 22.3 Å². The molecule has 1 amide bonds. The number of carbonyl (C=O) groups excluding carboxylic acids is 1. The molecular formula is C16H31NO2Si2. The first kappa shape index (κ1) is 18.5. The predicted octanol–water partition coefficient (Wildman–Crippen LogP) is 3.39. The molecule has 1 saturated heterocycles. The van der Waals surface area contributed by atoms with Gasteiger partial charge in [-0.15, -0.1) is 5.54 Å². The average Bonchev–Trinajstić information content (AvgIpc) is 2.19. The molecule has 0 radical (unpaired) electrons. The van der Waals surface area contributed by atoms with Crippen LogP contribution in [0.2, 0.25) is 37.8 Å². The molecule has 1 aliphatic rings. The summed E-state index contributed by atoms with van der Waals surface area (Å²) in [5.74, 6) is 3.22. The minimum atomic E-state index is -1.85. The summed E-state index contributed by atoms with van der Waals surface area (Å²) in [7, 11) is -3.26. The first-order valence-corrected chi connectivity index (χ1v) is 14.2. The van der Waals surface area contributed by atoms with Gasteiger partial charge in [0.2, 0.25) is 5.91 Å². The third-order valence-electron chi connectivity index (χ3n) is 4.35. The number of carbonyl (C=O) groups is 1. The SMILES string of the molecule is C[C@@H](O[Si](C)(C)C(C)(C)C)C1C(=O)NC1C#C[Si](C)(C)C. The molecular weight excluding hydrogens is 294 g/mol. The molecule has 1 aliphatic heterocycles. The van der Waals surface area contributed by atoms with Gasteiger partial charge < -0.3 is 9.74 Å². The van der Waals surface area contributed by atoms with Gasteiger partial charge in [0.15, 0.2) is 8.32 Å². The molecule has 0 aliphatic carbocycles. The third-order valence-corrected chi connectivity index (χ3v) is 9.82. The summed E-state index contributed by atoms with van der Waals surface area (Å²) in [6.07, 6.45) is -0.0689. The van der Waals surface area contributed by atoms with E-state index < -0.39 is 16.4 Å². The van der Waals surface area contributed by atoms with Crippen molar-refractivity contribution < 1.29 is 9.22 Å². The fourth-order valence-electron chi connectivity index (χ4n) is 2.01. The Labute approximate surface area is 132 Å². The molecule has 5 heteroatoms. The molecule has 0 saturated carbocycles. The normalized spacial score (nSPS) is 24.5. The zero-order valence-corrected chi connectivity index (χ0v) is 17.0. The topological polar surface area (TPSA) is 38.3 Å². The van der Waals surface area contributed by atoms with Gasteiger partial charge in [0, 0.05) is 0 Å². The zero-order chi connectivity index (χ0) is 16.6. The fourth-order valence-corrected chi connectivity index (χ4v) is 4.03. The standard InChI is InChI=1S/C16H31NO2Si2/c1-12(19-21(8,9)16(2,3)4)14-13(17-15(14)18)10-11-20(5,6)7/h12-14H,1-9H3,(H,17,18)/t12-,13?,14?/m1/s1. The van der Waals surface area contributed by atoms with Gasteiger partial charge in [0.1, 0.15) is 14.1 Å². The molecule has 3 atom stereocenters. The molecule has 3 nitrogen and oxygen atoms in total. The Kier molecular flexibility index (Phi) is 5.19. The van der Waals surface area contributed by atoms with Crippen LogP contribution in [0, 0.1) is 17.4 Å². The highest BCUT2D eigenvalue weighted by atomic mass is 28.4. The summed E-state index contributed by atoms with van der Waals surface area (Å²) in [4.78, 5) is 11.9. The van der Waals surface area contributed by atoms with Gasteiger partial charge >= 0.3 is 0 Å². The zero-order valence-electron chi connectivity index (χ0n) is 15.0. The van der Waals surface area contributed by atoms with Crippen LogP contribution in [-0.2, 0) is 9.22 Å². The molecule has 0 aromatic carbocycles. The third kappa shape index (κ3) is 4.70. The van der Waals surface area contributed by atoms with Crippen molar-refractivity contribution in [1.82, 2.24) is 5.32 Å². The molecule has 1 N–H and O–H groups in total. The lowest BCUT2D eigenvalue weighted by atomic mass is 9.87. The highest BCUT2D eigenvalue weighted by Crippen LogP contribution is 2.38. The Bertz CT molecular complexity index is 463. The minimum absolute atomic E-state index is 0.0380. The lowest BCUT2D eigenvalue weighted by Gasteiger charge is -2.44. The van der Waals surface area contributed by atoms with E-state index >= 15 is 0 Å². The van der Waals surface area contributed by atoms with Gasteiger partial charge in [-0.1, -0.05) is 46.3 Å². The maximum atomic E-state index is 11.9. The first-order chi connectivity index (χ1) is 9.24. The van der Waals surface area contributed by atoms with Crippen molar-refractivity contribution in [2.75, 3.05) is 0 Å². The van der Waals surface area contributed by atoms with Crippen molar-refractivity contribution in [3.63, 3.8) is 0 Å². The minimum Gasteiger partial charge on any atom is -0.413 e. The molecule has 0 aromatic heterocycles. The highest BCUT2D eigenvalue weighted by molar-refractivity contribution is 6.83. The van der Waals surface area contributed by atoms with Crippen LogP contribution >= 0.6 is 0 Å². The van der Waals surface area contributed by atoms with Gasteiger partial charge in [-0.3, -0.25) is 4.79 Å². The van der Waals surface area contributed by atoms with Crippen LogP contribution in [0.15, 0.2) is 0 Å². The van der Waals surface area contributed by atoms with E-state index in [4.69, 9.17) is 4.43 Å². The number of nitrogens with one attached hydrogen (secondary N) is 1.